The molecule has 1 nitrogen and oxygen atoms in total. The quantitative estimate of drug-likeness (QED) is 0.338. The molecule has 0 amide bonds. The van der Waals surface area contributed by atoms with E-state index in [9.17, 15) is 0 Å². The van der Waals surface area contributed by atoms with Gasteiger partial charge in [0.1, 0.15) is 0 Å². The summed E-state index contributed by atoms with van der Waals surface area (Å²) in [4.78, 5) is 0. The minimum atomic E-state index is -0.839. The van der Waals surface area contributed by atoms with Gasteiger partial charge >= 0.3 is 92.4 Å². The first-order chi connectivity index (χ1) is 8.62. The molecule has 0 spiro atoms. The molecule has 0 saturated heterocycles. The van der Waals surface area contributed by atoms with E-state index in [0.29, 0.717) is 4.32 Å². The summed E-state index contributed by atoms with van der Waals surface area (Å²) in [6, 6.07) is 0. The van der Waals surface area contributed by atoms with Crippen molar-refractivity contribution < 1.29 is 0 Å². The summed E-state index contributed by atoms with van der Waals surface area (Å²) in [7, 11) is 1.70. The predicted octanol–water partition coefficient (Wildman–Crippen LogP) is 4.92. The molecule has 0 bridgehead atoms. The molecular formula is C14H31NS2Sn. The van der Waals surface area contributed by atoms with Crippen molar-refractivity contribution >= 4 is 48.9 Å². The Kier molecular flexibility index (Phi) is 21.1. The predicted molar refractivity (Wildman–Crippen MR) is 93.9 cm³/mol. The van der Waals surface area contributed by atoms with Crippen LogP contribution in [0.5, 0.6) is 0 Å². The van der Waals surface area contributed by atoms with Crippen LogP contribution in [-0.4, -0.2) is 31.1 Å². The van der Waals surface area contributed by atoms with Crippen molar-refractivity contribution in [1.29, 1.82) is 0 Å². The summed E-state index contributed by atoms with van der Waals surface area (Å²) in [5.41, 5.74) is 0. The monoisotopic (exact) mass is 397 g/mol. The van der Waals surface area contributed by atoms with Gasteiger partial charge < -0.3 is 30.2 Å². The van der Waals surface area contributed by atoms with Crippen molar-refractivity contribution in [3.05, 3.63) is 0 Å². The fourth-order valence-corrected chi connectivity index (χ4v) is 11.1. The van der Waals surface area contributed by atoms with Crippen molar-refractivity contribution in [2.45, 2.75) is 72.6 Å². The normalized spacial score (nSPS) is 9.33. The van der Waals surface area contributed by atoms with Crippen LogP contribution in [0.15, 0.2) is 0 Å². The van der Waals surface area contributed by atoms with Crippen molar-refractivity contribution in [1.82, 2.24) is 5.32 Å². The Bertz CT molecular complexity index is 158. The van der Waals surface area contributed by atoms with Crippen LogP contribution >= 0.6 is 12.2 Å². The van der Waals surface area contributed by atoms with E-state index < -0.39 is 19.8 Å². The van der Waals surface area contributed by atoms with Gasteiger partial charge in [0.15, 0.2) is 0 Å². The topological polar surface area (TPSA) is 12.0 Å². The molecule has 0 aliphatic carbocycles. The Hall–Kier alpha value is 0.909. The average Bonchev–Trinajstić information content (AvgIpc) is 2.38. The van der Waals surface area contributed by atoms with Gasteiger partial charge in [-0.3, -0.25) is 0 Å². The van der Waals surface area contributed by atoms with E-state index in [1.807, 2.05) is 0 Å². The zero-order chi connectivity index (χ0) is 14.2. The van der Waals surface area contributed by atoms with E-state index in [0.717, 1.165) is 0 Å². The Balaban J connectivity index is 0. The summed E-state index contributed by atoms with van der Waals surface area (Å²) in [5.74, 6) is 0. The number of nitrogens with one attached hydrogen (secondary N) is 1. The average molecular weight is 396 g/mol. The molecule has 0 fully saturated rings. The summed E-state index contributed by atoms with van der Waals surface area (Å²) in [5, 5.41) is 2.57. The van der Waals surface area contributed by atoms with Gasteiger partial charge in [0.25, 0.3) is 0 Å². The maximum Gasteiger partial charge on any atom is 0.00182 e. The smallest absolute Gasteiger partial charge is 0.00182 e. The van der Waals surface area contributed by atoms with Crippen molar-refractivity contribution in [2.75, 3.05) is 7.05 Å². The number of rotatable bonds is 9. The third kappa shape index (κ3) is 19.3. The standard InChI is InChI=1S/3C4H9.C2H5NS2.Sn/c3*1-3-4-2;1-3-2(4)5;/h3*1,3-4H2,2H3;1H3,(H2,3,4,5);/q;;;;+1/p-1. The second-order valence-electron chi connectivity index (χ2n) is 4.60. The number of thiocarbonyl (C=S) groups is 1. The van der Waals surface area contributed by atoms with Crippen LogP contribution in [0, 0.1) is 0 Å². The molecule has 4 heteroatoms. The van der Waals surface area contributed by atoms with E-state index >= 15 is 0 Å². The zero-order valence-corrected chi connectivity index (χ0v) is 17.2. The first-order valence-corrected chi connectivity index (χ1v) is 14.2. The number of unbranched alkanes of at least 4 members (excludes halogenated alkanes) is 3. The molecule has 0 aromatic heterocycles. The van der Waals surface area contributed by atoms with Gasteiger partial charge in [-0.15, -0.1) is 0 Å². The molecular weight excluding hydrogens is 365 g/mol. The van der Waals surface area contributed by atoms with Crippen molar-refractivity contribution in [3.8, 4) is 0 Å². The van der Waals surface area contributed by atoms with E-state index in [1.165, 1.54) is 38.5 Å². The molecule has 0 heterocycles. The minimum absolute atomic E-state index is 0.421. The summed E-state index contributed by atoms with van der Waals surface area (Å²) in [6.07, 6.45) is 8.85. The maximum absolute atomic E-state index is 4.40. The molecule has 0 aromatic rings. The van der Waals surface area contributed by atoms with Crippen LogP contribution in [0.1, 0.15) is 59.3 Å². The number of hydrogen-bond acceptors (Lipinski definition) is 2. The van der Waals surface area contributed by atoms with Crippen LogP contribution in [0.4, 0.5) is 0 Å². The molecule has 0 aliphatic heterocycles. The van der Waals surface area contributed by atoms with Crippen LogP contribution < -0.4 is 5.32 Å². The molecule has 0 rings (SSSR count). The summed E-state index contributed by atoms with van der Waals surface area (Å²) in [6.45, 7) is 7.00. The van der Waals surface area contributed by atoms with Crippen molar-refractivity contribution in [3.63, 3.8) is 0 Å². The van der Waals surface area contributed by atoms with Gasteiger partial charge in [-0.2, -0.15) is 0 Å². The Morgan fingerprint density at radius 1 is 0.944 bits per heavy atom. The summed E-state index contributed by atoms with van der Waals surface area (Å²) < 4.78 is 5.46. The van der Waals surface area contributed by atoms with Crippen LogP contribution in [-0.2, 0) is 12.6 Å². The minimum Gasteiger partial charge on any atom is -0.412 e. The van der Waals surface area contributed by atoms with Crippen LogP contribution in [0.25, 0.3) is 0 Å². The molecule has 0 aliphatic rings. The first-order valence-electron chi connectivity index (χ1n) is 7.34. The largest absolute Gasteiger partial charge is 0.412 e. The molecule has 0 unspecified atom stereocenters. The van der Waals surface area contributed by atoms with Crippen LogP contribution in [0.2, 0.25) is 13.3 Å². The Morgan fingerprint density at radius 3 is 1.39 bits per heavy atom. The van der Waals surface area contributed by atoms with Gasteiger partial charge in [-0.1, -0.05) is 4.32 Å². The van der Waals surface area contributed by atoms with E-state index in [-0.39, 0.29) is 0 Å². The molecule has 0 atom stereocenters. The van der Waals surface area contributed by atoms with Gasteiger partial charge in [0.05, 0.1) is 0 Å². The first kappa shape index (κ1) is 21.2. The zero-order valence-electron chi connectivity index (χ0n) is 12.7. The van der Waals surface area contributed by atoms with Gasteiger partial charge in [0.2, 0.25) is 0 Å². The van der Waals surface area contributed by atoms with E-state index in [2.05, 4.69) is 50.9 Å². The third-order valence-corrected chi connectivity index (χ3v) is 12.3. The van der Waals surface area contributed by atoms with Gasteiger partial charge in [-0.25, -0.2) is 0 Å². The third-order valence-electron chi connectivity index (χ3n) is 2.86. The SMILES string of the molecule is CCC[CH2][Sn+]([CH2]CCC)[CH2]CCC.CNC(=S)[S-]. The fraction of sp³-hybridized carbons (Fsp3) is 0.929. The van der Waals surface area contributed by atoms with Crippen LogP contribution in [0.3, 0.4) is 0 Å². The number of hydrogen-bond donors (Lipinski definition) is 1. The molecule has 108 valence electrons. The maximum atomic E-state index is 4.40. The molecule has 0 radical (unpaired) electrons. The van der Waals surface area contributed by atoms with E-state index in [1.54, 1.807) is 20.4 Å². The molecule has 0 saturated carbocycles. The molecule has 0 aromatic carbocycles. The van der Waals surface area contributed by atoms with Crippen molar-refractivity contribution in [2.24, 2.45) is 0 Å². The Labute approximate surface area is 133 Å². The summed E-state index contributed by atoms with van der Waals surface area (Å²) >= 11 is 7.96. The van der Waals surface area contributed by atoms with E-state index in [4.69, 9.17) is 0 Å². The molecule has 1 N–H and O–H groups in total. The van der Waals surface area contributed by atoms with Gasteiger partial charge in [-0.05, 0) is 0 Å². The fourth-order valence-electron chi connectivity index (χ4n) is 1.66. The second-order valence-corrected chi connectivity index (χ2v) is 14.2. The Morgan fingerprint density at radius 2 is 1.22 bits per heavy atom. The second kappa shape index (κ2) is 17.9. The molecule has 18 heavy (non-hydrogen) atoms. The van der Waals surface area contributed by atoms with Gasteiger partial charge in [0, 0.05) is 7.05 Å².